The molecule has 0 bridgehead atoms. The molecule has 0 aliphatic carbocycles. The van der Waals surface area contributed by atoms with E-state index >= 15 is 0 Å². The molecule has 1 rings (SSSR count). The summed E-state index contributed by atoms with van der Waals surface area (Å²) in [6.45, 7) is 6.99. The van der Waals surface area contributed by atoms with E-state index in [4.69, 9.17) is 11.6 Å². The zero-order chi connectivity index (χ0) is 14.3. The van der Waals surface area contributed by atoms with Crippen LogP contribution in [0, 0.1) is 11.3 Å². The van der Waals surface area contributed by atoms with Crippen molar-refractivity contribution in [2.75, 3.05) is 6.54 Å². The molecule has 1 aromatic rings. The molecular weight excluding hydrogens is 278 g/mol. The molecule has 0 fully saturated rings. The van der Waals surface area contributed by atoms with Gasteiger partial charge in [0, 0.05) is 11.4 Å². The largest absolute Gasteiger partial charge is 0.300 e. The summed E-state index contributed by atoms with van der Waals surface area (Å²) in [6, 6.07) is 6.02. The molecule has 19 heavy (non-hydrogen) atoms. The van der Waals surface area contributed by atoms with Crippen molar-refractivity contribution in [2.45, 2.75) is 49.4 Å². The quantitative estimate of drug-likeness (QED) is 0.776. The van der Waals surface area contributed by atoms with E-state index in [1.54, 1.807) is 18.0 Å². The number of aromatic nitrogens is 1. The van der Waals surface area contributed by atoms with Crippen molar-refractivity contribution < 1.29 is 0 Å². The zero-order valence-electron chi connectivity index (χ0n) is 11.6. The van der Waals surface area contributed by atoms with Crippen LogP contribution in [0.5, 0.6) is 0 Å². The summed E-state index contributed by atoms with van der Waals surface area (Å²) in [6.07, 6.45) is 3.51. The maximum absolute atomic E-state index is 9.32. The fourth-order valence-corrected chi connectivity index (χ4v) is 3.18. The number of halogens is 1. The van der Waals surface area contributed by atoms with E-state index in [2.05, 4.69) is 30.2 Å². The van der Waals surface area contributed by atoms with Crippen molar-refractivity contribution in [3.05, 3.63) is 23.4 Å². The number of nitrogens with one attached hydrogen (secondary N) is 1. The summed E-state index contributed by atoms with van der Waals surface area (Å²) >= 11 is 7.70. The van der Waals surface area contributed by atoms with E-state index in [1.165, 1.54) is 0 Å². The fourth-order valence-electron chi connectivity index (χ4n) is 1.82. The van der Waals surface area contributed by atoms with Crippen LogP contribution in [0.15, 0.2) is 23.4 Å². The molecule has 1 aromatic heterocycles. The summed E-state index contributed by atoms with van der Waals surface area (Å²) in [7, 11) is 0. The van der Waals surface area contributed by atoms with E-state index in [0.29, 0.717) is 5.02 Å². The lowest BCUT2D eigenvalue weighted by Crippen LogP contribution is -2.43. The van der Waals surface area contributed by atoms with E-state index < -0.39 is 5.54 Å². The smallest absolute Gasteiger partial charge is 0.115 e. The lowest BCUT2D eigenvalue weighted by Gasteiger charge is -2.26. The third kappa shape index (κ3) is 5.40. The Morgan fingerprint density at radius 1 is 1.63 bits per heavy atom. The van der Waals surface area contributed by atoms with E-state index in [9.17, 15) is 5.26 Å². The number of thioether (sulfide) groups is 1. The Labute approximate surface area is 124 Å². The molecule has 0 aliphatic rings. The van der Waals surface area contributed by atoms with Gasteiger partial charge < -0.3 is 0 Å². The predicted molar refractivity (Wildman–Crippen MR) is 81.5 cm³/mol. The van der Waals surface area contributed by atoms with Crippen molar-refractivity contribution in [3.8, 4) is 6.07 Å². The molecule has 0 radical (unpaired) electrons. The molecule has 3 nitrogen and oxygen atoms in total. The SMILES string of the molecule is CCCNC(C)(C#N)CC(C)Sc1ncccc1Cl. The Balaban J connectivity index is 2.61. The summed E-state index contributed by atoms with van der Waals surface area (Å²) in [5, 5.41) is 14.4. The average Bonchev–Trinajstić information content (AvgIpc) is 2.39. The Bertz CT molecular complexity index is 447. The van der Waals surface area contributed by atoms with Crippen LogP contribution in [0.1, 0.15) is 33.6 Å². The second kappa shape index (κ2) is 7.74. The van der Waals surface area contributed by atoms with Crippen LogP contribution >= 0.6 is 23.4 Å². The first-order valence-electron chi connectivity index (χ1n) is 6.44. The molecule has 2 unspecified atom stereocenters. The van der Waals surface area contributed by atoms with Gasteiger partial charge in [0.05, 0.1) is 11.1 Å². The van der Waals surface area contributed by atoms with Crippen LogP contribution in [0.2, 0.25) is 5.02 Å². The van der Waals surface area contributed by atoms with Crippen molar-refractivity contribution in [1.29, 1.82) is 5.26 Å². The van der Waals surface area contributed by atoms with Gasteiger partial charge in [0.25, 0.3) is 0 Å². The number of hydrogen-bond acceptors (Lipinski definition) is 4. The summed E-state index contributed by atoms with van der Waals surface area (Å²) in [5.41, 5.74) is -0.496. The number of pyridine rings is 1. The lowest BCUT2D eigenvalue weighted by molar-refractivity contribution is 0.418. The highest BCUT2D eigenvalue weighted by molar-refractivity contribution is 7.99. The molecule has 1 heterocycles. The van der Waals surface area contributed by atoms with Crippen LogP contribution in [-0.4, -0.2) is 22.3 Å². The maximum atomic E-state index is 9.32. The maximum Gasteiger partial charge on any atom is 0.115 e. The standard InChI is InChI=1S/C14H20ClN3S/c1-4-7-18-14(3,10-16)9-11(2)19-13-12(15)6-5-8-17-13/h5-6,8,11,18H,4,7,9H2,1-3H3. The second-order valence-electron chi connectivity index (χ2n) is 4.79. The van der Waals surface area contributed by atoms with Gasteiger partial charge in [0.15, 0.2) is 0 Å². The molecule has 104 valence electrons. The van der Waals surface area contributed by atoms with Crippen LogP contribution in [-0.2, 0) is 0 Å². The third-order valence-electron chi connectivity index (χ3n) is 2.75. The minimum Gasteiger partial charge on any atom is -0.300 e. The second-order valence-corrected chi connectivity index (χ2v) is 6.63. The van der Waals surface area contributed by atoms with Gasteiger partial charge in [-0.1, -0.05) is 25.4 Å². The van der Waals surface area contributed by atoms with Crippen molar-refractivity contribution in [1.82, 2.24) is 10.3 Å². The van der Waals surface area contributed by atoms with E-state index in [1.807, 2.05) is 19.1 Å². The predicted octanol–water partition coefficient (Wildman–Crippen LogP) is 3.89. The topological polar surface area (TPSA) is 48.7 Å². The molecule has 0 aliphatic heterocycles. The van der Waals surface area contributed by atoms with Crippen molar-refractivity contribution >= 4 is 23.4 Å². The van der Waals surface area contributed by atoms with Gasteiger partial charge in [0.1, 0.15) is 10.6 Å². The van der Waals surface area contributed by atoms with Gasteiger partial charge in [-0.05, 0) is 38.4 Å². The normalized spacial score (nSPS) is 15.5. The minimum absolute atomic E-state index is 0.265. The van der Waals surface area contributed by atoms with Gasteiger partial charge in [-0.15, -0.1) is 11.8 Å². The molecule has 0 amide bonds. The first kappa shape index (κ1) is 16.3. The molecule has 0 spiro atoms. The number of hydrogen-bond donors (Lipinski definition) is 1. The van der Waals surface area contributed by atoms with Crippen molar-refractivity contribution in [3.63, 3.8) is 0 Å². The van der Waals surface area contributed by atoms with E-state index in [-0.39, 0.29) is 5.25 Å². The molecule has 5 heteroatoms. The highest BCUT2D eigenvalue weighted by atomic mass is 35.5. The summed E-state index contributed by atoms with van der Waals surface area (Å²) < 4.78 is 0. The van der Waals surface area contributed by atoms with Gasteiger partial charge in [-0.25, -0.2) is 4.98 Å². The summed E-state index contributed by atoms with van der Waals surface area (Å²) in [5.74, 6) is 0. The average molecular weight is 298 g/mol. The molecule has 0 aromatic carbocycles. The number of rotatable bonds is 7. The lowest BCUT2D eigenvalue weighted by atomic mass is 9.98. The van der Waals surface area contributed by atoms with Crippen LogP contribution in [0.4, 0.5) is 0 Å². The Hall–Kier alpha value is -0.760. The molecule has 2 atom stereocenters. The van der Waals surface area contributed by atoms with E-state index in [0.717, 1.165) is 24.4 Å². The summed E-state index contributed by atoms with van der Waals surface area (Å²) in [4.78, 5) is 4.26. The van der Waals surface area contributed by atoms with Crippen LogP contribution in [0.3, 0.4) is 0 Å². The van der Waals surface area contributed by atoms with Crippen LogP contribution in [0.25, 0.3) is 0 Å². The minimum atomic E-state index is -0.496. The Kier molecular flexibility index (Phi) is 6.64. The molecular formula is C14H20ClN3S. The first-order valence-corrected chi connectivity index (χ1v) is 7.70. The highest BCUT2D eigenvalue weighted by Crippen LogP contribution is 2.31. The van der Waals surface area contributed by atoms with Gasteiger partial charge in [-0.2, -0.15) is 5.26 Å². The first-order chi connectivity index (χ1) is 9.00. The number of nitriles is 1. The monoisotopic (exact) mass is 297 g/mol. The Morgan fingerprint density at radius 3 is 2.95 bits per heavy atom. The Morgan fingerprint density at radius 2 is 2.37 bits per heavy atom. The molecule has 0 saturated heterocycles. The fraction of sp³-hybridized carbons (Fsp3) is 0.571. The molecule has 1 N–H and O–H groups in total. The third-order valence-corrected chi connectivity index (χ3v) is 4.28. The van der Waals surface area contributed by atoms with Crippen LogP contribution < -0.4 is 5.32 Å². The van der Waals surface area contributed by atoms with Gasteiger partial charge in [0.2, 0.25) is 0 Å². The van der Waals surface area contributed by atoms with Gasteiger partial charge >= 0.3 is 0 Å². The number of nitrogens with zero attached hydrogens (tertiary/aromatic N) is 2. The van der Waals surface area contributed by atoms with Gasteiger partial charge in [-0.3, -0.25) is 5.32 Å². The van der Waals surface area contributed by atoms with Crippen molar-refractivity contribution in [2.24, 2.45) is 0 Å². The molecule has 0 saturated carbocycles. The highest BCUT2D eigenvalue weighted by Gasteiger charge is 2.26. The zero-order valence-corrected chi connectivity index (χ0v) is 13.2.